The van der Waals surface area contributed by atoms with Crippen molar-refractivity contribution in [3.8, 4) is 11.5 Å². The van der Waals surface area contributed by atoms with Gasteiger partial charge < -0.3 is 28.5 Å². The summed E-state index contributed by atoms with van der Waals surface area (Å²) in [6, 6.07) is 15.2. The van der Waals surface area contributed by atoms with E-state index in [0.29, 0.717) is 25.3 Å². The summed E-state index contributed by atoms with van der Waals surface area (Å²) >= 11 is 0. The van der Waals surface area contributed by atoms with E-state index in [4.69, 9.17) is 18.9 Å². The second kappa shape index (κ2) is 10.3. The number of benzene rings is 2. The Morgan fingerprint density at radius 2 is 1.84 bits per heavy atom. The molecule has 0 unspecified atom stereocenters. The third-order valence-corrected chi connectivity index (χ3v) is 6.19. The zero-order chi connectivity index (χ0) is 22.4. The number of likely N-dealkylation sites (tertiary alicyclic amines) is 1. The van der Waals surface area contributed by atoms with E-state index in [2.05, 4.69) is 0 Å². The fourth-order valence-corrected chi connectivity index (χ4v) is 4.64. The molecular formula is C25H32NO6+. The maximum atomic E-state index is 11.7. The molecule has 1 fully saturated rings. The van der Waals surface area contributed by atoms with Crippen molar-refractivity contribution >= 4 is 5.97 Å². The standard InChI is InChI=1S/C25H32NO6/c1-29-25(28)20-10-8-19(9-11-20)14-26(12-4-5-13-26)15-21(27)16-30-17-22-18-31-23-6-2-3-7-24(23)32-22/h2-3,6-11,21-22,27H,4-5,12-18H2,1H3/q+1/t21-,22-/m1/s1. The molecule has 2 aromatic rings. The van der Waals surface area contributed by atoms with Crippen molar-refractivity contribution in [3.63, 3.8) is 0 Å². The lowest BCUT2D eigenvalue weighted by Crippen LogP contribution is -2.50. The van der Waals surface area contributed by atoms with Gasteiger partial charge in [0.15, 0.2) is 17.6 Å². The SMILES string of the molecule is COC(=O)c1ccc(C[N+]2(C[C@@H](O)COC[C@@H]3COc4ccccc4O3)CCCC2)cc1. The molecule has 2 aliphatic rings. The number of para-hydroxylation sites is 2. The number of hydrogen-bond donors (Lipinski definition) is 1. The monoisotopic (exact) mass is 442 g/mol. The van der Waals surface area contributed by atoms with E-state index in [1.54, 1.807) is 12.1 Å². The number of aliphatic hydroxyl groups excluding tert-OH is 1. The molecule has 2 aliphatic heterocycles. The number of quaternary nitrogens is 1. The summed E-state index contributed by atoms with van der Waals surface area (Å²) < 4.78 is 23.0. The van der Waals surface area contributed by atoms with Crippen LogP contribution in [-0.4, -0.2) is 74.3 Å². The summed E-state index contributed by atoms with van der Waals surface area (Å²) in [5.41, 5.74) is 1.70. The van der Waals surface area contributed by atoms with Crippen molar-refractivity contribution in [2.45, 2.75) is 31.6 Å². The summed E-state index contributed by atoms with van der Waals surface area (Å²) in [4.78, 5) is 11.7. The van der Waals surface area contributed by atoms with Crippen LogP contribution in [0, 0.1) is 0 Å². The van der Waals surface area contributed by atoms with Crippen LogP contribution in [0.25, 0.3) is 0 Å². The third-order valence-electron chi connectivity index (χ3n) is 6.19. The minimum atomic E-state index is -0.556. The van der Waals surface area contributed by atoms with Crippen LogP contribution in [0.15, 0.2) is 48.5 Å². The van der Waals surface area contributed by atoms with Crippen molar-refractivity contribution in [1.82, 2.24) is 0 Å². The van der Waals surface area contributed by atoms with E-state index in [0.717, 1.165) is 54.0 Å². The molecule has 1 saturated heterocycles. The van der Waals surface area contributed by atoms with E-state index in [1.165, 1.54) is 7.11 Å². The lowest BCUT2D eigenvalue weighted by molar-refractivity contribution is -0.932. The Bertz CT molecular complexity index is 894. The lowest BCUT2D eigenvalue weighted by Gasteiger charge is -2.36. The molecule has 7 nitrogen and oxygen atoms in total. The molecule has 172 valence electrons. The molecule has 0 bridgehead atoms. The average molecular weight is 443 g/mol. The number of carbonyl (C=O) groups excluding carboxylic acids is 1. The van der Waals surface area contributed by atoms with Crippen LogP contribution in [0.4, 0.5) is 0 Å². The first kappa shape index (κ1) is 22.6. The van der Waals surface area contributed by atoms with Gasteiger partial charge in [-0.2, -0.15) is 0 Å². The number of aliphatic hydroxyl groups is 1. The summed E-state index contributed by atoms with van der Waals surface area (Å²) in [6.07, 6.45) is 1.57. The third kappa shape index (κ3) is 5.59. The van der Waals surface area contributed by atoms with E-state index >= 15 is 0 Å². The zero-order valence-corrected chi connectivity index (χ0v) is 18.6. The quantitative estimate of drug-likeness (QED) is 0.476. The molecule has 0 aliphatic carbocycles. The number of esters is 1. The van der Waals surface area contributed by atoms with Crippen molar-refractivity contribution in [2.75, 3.05) is 46.6 Å². The van der Waals surface area contributed by atoms with E-state index in [9.17, 15) is 9.90 Å². The molecule has 2 atom stereocenters. The average Bonchev–Trinajstić information content (AvgIpc) is 3.26. The van der Waals surface area contributed by atoms with Gasteiger partial charge in [0.2, 0.25) is 0 Å². The molecule has 0 radical (unpaired) electrons. The van der Waals surface area contributed by atoms with Crippen LogP contribution in [0.1, 0.15) is 28.8 Å². The van der Waals surface area contributed by atoms with Gasteiger partial charge in [-0.15, -0.1) is 0 Å². The number of methoxy groups -OCH3 is 1. The van der Waals surface area contributed by atoms with Crippen LogP contribution in [0.3, 0.4) is 0 Å². The van der Waals surface area contributed by atoms with Gasteiger partial charge in [-0.25, -0.2) is 4.79 Å². The molecule has 1 N–H and O–H groups in total. The van der Waals surface area contributed by atoms with Gasteiger partial charge in [-0.1, -0.05) is 24.3 Å². The Morgan fingerprint density at radius 1 is 1.12 bits per heavy atom. The predicted octanol–water partition coefficient (Wildman–Crippen LogP) is 2.80. The topological polar surface area (TPSA) is 74.2 Å². The minimum absolute atomic E-state index is 0.180. The first-order valence-corrected chi connectivity index (χ1v) is 11.2. The molecule has 2 heterocycles. The number of hydrogen-bond acceptors (Lipinski definition) is 6. The van der Waals surface area contributed by atoms with Crippen LogP contribution >= 0.6 is 0 Å². The Balaban J connectivity index is 1.27. The summed E-state index contributed by atoms with van der Waals surface area (Å²) in [7, 11) is 1.39. The Hall–Kier alpha value is -2.61. The van der Waals surface area contributed by atoms with E-state index < -0.39 is 6.10 Å². The second-order valence-corrected chi connectivity index (χ2v) is 8.71. The first-order chi connectivity index (χ1) is 15.6. The van der Waals surface area contributed by atoms with Crippen LogP contribution in [0.5, 0.6) is 11.5 Å². The van der Waals surface area contributed by atoms with Gasteiger partial charge >= 0.3 is 5.97 Å². The molecule has 0 saturated carbocycles. The fourth-order valence-electron chi connectivity index (χ4n) is 4.64. The molecule has 2 aromatic carbocycles. The molecule has 32 heavy (non-hydrogen) atoms. The van der Waals surface area contributed by atoms with Gasteiger partial charge in [0.25, 0.3) is 0 Å². The van der Waals surface area contributed by atoms with E-state index in [1.807, 2.05) is 36.4 Å². The summed E-state index contributed by atoms with van der Waals surface area (Å²) in [5, 5.41) is 10.7. The van der Waals surface area contributed by atoms with Gasteiger partial charge in [0.1, 0.15) is 25.8 Å². The molecule has 7 heteroatoms. The molecule has 0 amide bonds. The van der Waals surface area contributed by atoms with E-state index in [-0.39, 0.29) is 18.7 Å². The molecule has 0 spiro atoms. The van der Waals surface area contributed by atoms with Gasteiger partial charge in [0.05, 0.1) is 39.0 Å². The lowest BCUT2D eigenvalue weighted by atomic mass is 10.1. The highest BCUT2D eigenvalue weighted by Gasteiger charge is 2.34. The van der Waals surface area contributed by atoms with Crippen molar-refractivity contribution in [3.05, 3.63) is 59.7 Å². The largest absolute Gasteiger partial charge is 0.486 e. The number of ether oxygens (including phenoxy) is 4. The number of fused-ring (bicyclic) bond motifs is 1. The van der Waals surface area contributed by atoms with Crippen LogP contribution in [-0.2, 0) is 16.0 Å². The highest BCUT2D eigenvalue weighted by atomic mass is 16.6. The number of nitrogens with zero attached hydrogens (tertiary/aromatic N) is 1. The Kier molecular flexibility index (Phi) is 7.29. The first-order valence-electron chi connectivity index (χ1n) is 11.2. The Morgan fingerprint density at radius 3 is 2.56 bits per heavy atom. The maximum absolute atomic E-state index is 11.7. The Labute approximate surface area is 189 Å². The number of rotatable bonds is 9. The normalized spacial score (nSPS) is 20.0. The van der Waals surface area contributed by atoms with Gasteiger partial charge in [-0.3, -0.25) is 0 Å². The minimum Gasteiger partial charge on any atom is -0.486 e. The van der Waals surface area contributed by atoms with Gasteiger partial charge in [0, 0.05) is 18.4 Å². The second-order valence-electron chi connectivity index (χ2n) is 8.71. The number of carbonyl (C=O) groups is 1. The highest BCUT2D eigenvalue weighted by Crippen LogP contribution is 2.31. The predicted molar refractivity (Wildman–Crippen MR) is 119 cm³/mol. The van der Waals surface area contributed by atoms with Gasteiger partial charge in [-0.05, 0) is 24.3 Å². The molecule has 4 rings (SSSR count). The smallest absolute Gasteiger partial charge is 0.337 e. The molecule has 0 aromatic heterocycles. The van der Waals surface area contributed by atoms with Crippen LogP contribution < -0.4 is 9.47 Å². The zero-order valence-electron chi connectivity index (χ0n) is 18.6. The molecular weight excluding hydrogens is 410 g/mol. The van der Waals surface area contributed by atoms with Crippen molar-refractivity contribution < 1.29 is 33.3 Å². The highest BCUT2D eigenvalue weighted by molar-refractivity contribution is 5.89. The van der Waals surface area contributed by atoms with Crippen molar-refractivity contribution in [1.29, 1.82) is 0 Å². The van der Waals surface area contributed by atoms with Crippen molar-refractivity contribution in [2.24, 2.45) is 0 Å². The fraction of sp³-hybridized carbons (Fsp3) is 0.480. The maximum Gasteiger partial charge on any atom is 0.337 e. The summed E-state index contributed by atoms with van der Waals surface area (Å²) in [6.45, 7) is 4.62. The summed E-state index contributed by atoms with van der Waals surface area (Å²) in [5.74, 6) is 1.15. The van der Waals surface area contributed by atoms with Crippen LogP contribution in [0.2, 0.25) is 0 Å².